The predicted molar refractivity (Wildman–Crippen MR) is 57.0 cm³/mol. The first-order valence-electron chi connectivity index (χ1n) is 5.93. The van der Waals surface area contributed by atoms with Gasteiger partial charge < -0.3 is 9.90 Å². The third kappa shape index (κ3) is 3.09. The molecule has 0 amide bonds. The van der Waals surface area contributed by atoms with Gasteiger partial charge in [-0.1, -0.05) is 32.6 Å². The average molecular weight is 198 g/mol. The van der Waals surface area contributed by atoms with Gasteiger partial charge in [-0.2, -0.15) is 0 Å². The molecule has 1 aliphatic rings. The fourth-order valence-electron chi connectivity index (χ4n) is 2.39. The smallest absolute Gasteiger partial charge is 0.125 e. The lowest BCUT2D eigenvalue weighted by Gasteiger charge is -2.15. The maximum Gasteiger partial charge on any atom is 0.125 e. The van der Waals surface area contributed by atoms with Crippen LogP contribution in [0.3, 0.4) is 0 Å². The third-order valence-electron chi connectivity index (χ3n) is 3.40. The number of hydrogen-bond acceptors (Lipinski definition) is 2. The maximum absolute atomic E-state index is 10.6. The molecule has 2 nitrogen and oxygen atoms in total. The van der Waals surface area contributed by atoms with Crippen molar-refractivity contribution in [3.63, 3.8) is 0 Å². The van der Waals surface area contributed by atoms with Crippen molar-refractivity contribution < 1.29 is 9.90 Å². The number of rotatable bonds is 6. The molecule has 1 aliphatic carbocycles. The number of carbonyl (C=O) groups is 1. The van der Waals surface area contributed by atoms with Gasteiger partial charge in [-0.25, -0.2) is 0 Å². The van der Waals surface area contributed by atoms with Crippen LogP contribution in [-0.2, 0) is 4.79 Å². The van der Waals surface area contributed by atoms with Crippen molar-refractivity contribution in [3.8, 4) is 0 Å². The van der Waals surface area contributed by atoms with Gasteiger partial charge in [0.05, 0.1) is 6.10 Å². The van der Waals surface area contributed by atoms with Crippen molar-refractivity contribution in [2.45, 2.75) is 58.0 Å². The molecule has 0 aromatic rings. The zero-order valence-corrected chi connectivity index (χ0v) is 9.11. The number of aliphatic hydroxyl groups excluding tert-OH is 1. The molecule has 0 spiro atoms. The van der Waals surface area contributed by atoms with Crippen LogP contribution < -0.4 is 0 Å². The summed E-state index contributed by atoms with van der Waals surface area (Å²) < 4.78 is 0. The summed E-state index contributed by atoms with van der Waals surface area (Å²) in [6.45, 7) is 2.20. The van der Waals surface area contributed by atoms with E-state index in [4.69, 9.17) is 0 Å². The molecule has 3 atom stereocenters. The fraction of sp³-hybridized carbons (Fsp3) is 0.917. The highest BCUT2D eigenvalue weighted by Crippen LogP contribution is 2.33. The van der Waals surface area contributed by atoms with E-state index in [-0.39, 0.29) is 12.0 Å². The van der Waals surface area contributed by atoms with E-state index in [0.717, 1.165) is 25.5 Å². The molecular formula is C12H22O2. The van der Waals surface area contributed by atoms with Crippen LogP contribution in [0.15, 0.2) is 0 Å². The fourth-order valence-corrected chi connectivity index (χ4v) is 2.39. The molecule has 3 unspecified atom stereocenters. The molecule has 0 aromatic carbocycles. The van der Waals surface area contributed by atoms with Gasteiger partial charge in [0.15, 0.2) is 0 Å². The SMILES string of the molecule is CCCCCCC1CCC(C=O)C1O. The van der Waals surface area contributed by atoms with Gasteiger partial charge in [0, 0.05) is 5.92 Å². The molecule has 2 heteroatoms. The van der Waals surface area contributed by atoms with Gasteiger partial charge in [-0.3, -0.25) is 0 Å². The van der Waals surface area contributed by atoms with Crippen molar-refractivity contribution in [2.24, 2.45) is 11.8 Å². The van der Waals surface area contributed by atoms with E-state index >= 15 is 0 Å². The monoisotopic (exact) mass is 198 g/mol. The summed E-state index contributed by atoms with van der Waals surface area (Å²) in [6, 6.07) is 0. The van der Waals surface area contributed by atoms with E-state index in [1.165, 1.54) is 25.7 Å². The lowest BCUT2D eigenvalue weighted by Crippen LogP contribution is -2.21. The summed E-state index contributed by atoms with van der Waals surface area (Å²) in [5.74, 6) is 0.313. The van der Waals surface area contributed by atoms with Gasteiger partial charge in [-0.15, -0.1) is 0 Å². The largest absolute Gasteiger partial charge is 0.392 e. The van der Waals surface area contributed by atoms with E-state index in [9.17, 15) is 9.90 Å². The van der Waals surface area contributed by atoms with Crippen LogP contribution in [0, 0.1) is 11.8 Å². The zero-order chi connectivity index (χ0) is 10.4. The van der Waals surface area contributed by atoms with Crippen molar-refractivity contribution in [3.05, 3.63) is 0 Å². The van der Waals surface area contributed by atoms with Crippen molar-refractivity contribution in [1.82, 2.24) is 0 Å². The molecule has 1 N–H and O–H groups in total. The quantitative estimate of drug-likeness (QED) is 0.526. The Kier molecular flexibility index (Phi) is 5.16. The summed E-state index contributed by atoms with van der Waals surface area (Å²) in [4.78, 5) is 10.6. The van der Waals surface area contributed by atoms with Crippen LogP contribution >= 0.6 is 0 Å². The van der Waals surface area contributed by atoms with Crippen LogP contribution in [0.4, 0.5) is 0 Å². The molecule has 0 aliphatic heterocycles. The van der Waals surface area contributed by atoms with Crippen LogP contribution in [-0.4, -0.2) is 17.5 Å². The summed E-state index contributed by atoms with van der Waals surface area (Å²) >= 11 is 0. The van der Waals surface area contributed by atoms with E-state index in [1.54, 1.807) is 0 Å². The molecule has 0 aromatic heterocycles. The highest BCUT2D eigenvalue weighted by Gasteiger charge is 2.33. The Labute approximate surface area is 86.7 Å². The van der Waals surface area contributed by atoms with Gasteiger partial charge >= 0.3 is 0 Å². The molecule has 0 radical (unpaired) electrons. The average Bonchev–Trinajstić information content (AvgIpc) is 2.55. The molecular weight excluding hydrogens is 176 g/mol. The minimum Gasteiger partial charge on any atom is -0.392 e. The zero-order valence-electron chi connectivity index (χ0n) is 9.11. The Balaban J connectivity index is 2.16. The summed E-state index contributed by atoms with van der Waals surface area (Å²) in [7, 11) is 0. The lowest BCUT2D eigenvalue weighted by atomic mass is 9.95. The first-order chi connectivity index (χ1) is 6.79. The predicted octanol–water partition coefficient (Wildman–Crippen LogP) is 2.54. The van der Waals surface area contributed by atoms with Crippen LogP contribution in [0.1, 0.15) is 51.9 Å². The molecule has 82 valence electrons. The molecule has 1 fully saturated rings. The summed E-state index contributed by atoms with van der Waals surface area (Å²) in [5, 5.41) is 9.77. The Hall–Kier alpha value is -0.370. The second kappa shape index (κ2) is 6.18. The first kappa shape index (κ1) is 11.7. The highest BCUT2D eigenvalue weighted by atomic mass is 16.3. The third-order valence-corrected chi connectivity index (χ3v) is 3.40. The van der Waals surface area contributed by atoms with E-state index in [2.05, 4.69) is 6.92 Å². The maximum atomic E-state index is 10.6. The van der Waals surface area contributed by atoms with Crippen LogP contribution in [0.5, 0.6) is 0 Å². The second-order valence-corrected chi connectivity index (χ2v) is 4.48. The number of carbonyl (C=O) groups excluding carboxylic acids is 1. The Bertz CT molecular complexity index is 168. The standard InChI is InChI=1S/C12H22O2/c1-2-3-4-5-6-10-7-8-11(9-13)12(10)14/h9-12,14H,2-8H2,1H3. The number of unbranched alkanes of at least 4 members (excludes halogenated alkanes) is 3. The number of aliphatic hydroxyl groups is 1. The molecule has 0 saturated heterocycles. The molecule has 1 rings (SSSR count). The van der Waals surface area contributed by atoms with Crippen molar-refractivity contribution in [1.29, 1.82) is 0 Å². The minimum atomic E-state index is -0.353. The van der Waals surface area contributed by atoms with Crippen molar-refractivity contribution >= 4 is 6.29 Å². The van der Waals surface area contributed by atoms with E-state index < -0.39 is 0 Å². The minimum absolute atomic E-state index is 0.0776. The Morgan fingerprint density at radius 1 is 1.29 bits per heavy atom. The van der Waals surface area contributed by atoms with Crippen LogP contribution in [0.25, 0.3) is 0 Å². The van der Waals surface area contributed by atoms with Gasteiger partial charge in [-0.05, 0) is 25.2 Å². The van der Waals surface area contributed by atoms with Gasteiger partial charge in [0.1, 0.15) is 6.29 Å². The van der Waals surface area contributed by atoms with Gasteiger partial charge in [0.25, 0.3) is 0 Å². The number of aldehydes is 1. The molecule has 0 bridgehead atoms. The van der Waals surface area contributed by atoms with Gasteiger partial charge in [0.2, 0.25) is 0 Å². The first-order valence-corrected chi connectivity index (χ1v) is 5.93. The molecule has 14 heavy (non-hydrogen) atoms. The van der Waals surface area contributed by atoms with Crippen molar-refractivity contribution in [2.75, 3.05) is 0 Å². The van der Waals surface area contributed by atoms with Crippen LogP contribution in [0.2, 0.25) is 0 Å². The molecule has 1 saturated carbocycles. The number of hydrogen-bond donors (Lipinski definition) is 1. The second-order valence-electron chi connectivity index (χ2n) is 4.48. The summed E-state index contributed by atoms with van der Waals surface area (Å²) in [6.07, 6.45) is 8.63. The van der Waals surface area contributed by atoms with E-state index in [1.807, 2.05) is 0 Å². The Morgan fingerprint density at radius 3 is 2.64 bits per heavy atom. The highest BCUT2D eigenvalue weighted by molar-refractivity contribution is 5.55. The normalized spacial score (nSPS) is 32.0. The Morgan fingerprint density at radius 2 is 2.07 bits per heavy atom. The topological polar surface area (TPSA) is 37.3 Å². The summed E-state index contributed by atoms with van der Waals surface area (Å²) in [5.41, 5.74) is 0. The van der Waals surface area contributed by atoms with E-state index in [0.29, 0.717) is 5.92 Å². The lowest BCUT2D eigenvalue weighted by molar-refractivity contribution is -0.113. The molecule has 0 heterocycles.